The molecule has 0 aromatic heterocycles. The lowest BCUT2D eigenvalue weighted by Gasteiger charge is -2.06. The zero-order chi connectivity index (χ0) is 16.5. The summed E-state index contributed by atoms with van der Waals surface area (Å²) in [4.78, 5) is 11.6. The first-order chi connectivity index (χ1) is 11.1. The molecule has 4 nitrogen and oxygen atoms in total. The van der Waals surface area contributed by atoms with E-state index < -0.39 is 0 Å². The maximum Gasteiger partial charge on any atom is 0.277 e. The van der Waals surface area contributed by atoms with E-state index >= 15 is 0 Å². The summed E-state index contributed by atoms with van der Waals surface area (Å²) in [7, 11) is 0. The summed E-state index contributed by atoms with van der Waals surface area (Å²) in [6, 6.07) is 16.7. The predicted octanol–water partition coefficient (Wildman–Crippen LogP) is 4.26. The van der Waals surface area contributed by atoms with Gasteiger partial charge in [0.25, 0.3) is 5.91 Å². The molecule has 0 heterocycles. The monoisotopic (exact) mass is 392 g/mol. The van der Waals surface area contributed by atoms with Crippen LogP contribution in [0.2, 0.25) is 5.02 Å². The van der Waals surface area contributed by atoms with Crippen molar-refractivity contribution in [1.82, 2.24) is 5.43 Å². The van der Waals surface area contributed by atoms with Crippen LogP contribution in [-0.2, 0) is 4.79 Å². The van der Waals surface area contributed by atoms with Gasteiger partial charge in [0.1, 0.15) is 5.75 Å². The fourth-order valence-electron chi connectivity index (χ4n) is 1.65. The third kappa shape index (κ3) is 6.26. The van der Waals surface area contributed by atoms with Gasteiger partial charge in [-0.15, -0.1) is 0 Å². The highest BCUT2D eigenvalue weighted by molar-refractivity contribution is 9.12. The van der Waals surface area contributed by atoms with E-state index in [0.29, 0.717) is 10.8 Å². The summed E-state index contributed by atoms with van der Waals surface area (Å²) >= 11 is 9.29. The maximum atomic E-state index is 11.6. The SMILES string of the molecule is O=C(COc1ccccc1Cl)N/N=C\C(Br)=C\c1ccccc1. The molecule has 0 atom stereocenters. The minimum absolute atomic E-state index is 0.166. The summed E-state index contributed by atoms with van der Waals surface area (Å²) in [5, 5.41) is 4.31. The second-order valence-corrected chi connectivity index (χ2v) is 5.78. The molecule has 1 amide bonds. The number of hydrogen-bond acceptors (Lipinski definition) is 3. The predicted molar refractivity (Wildman–Crippen MR) is 96.9 cm³/mol. The molecule has 118 valence electrons. The molecule has 1 N–H and O–H groups in total. The average Bonchev–Trinajstić information content (AvgIpc) is 2.55. The largest absolute Gasteiger partial charge is 0.482 e. The van der Waals surface area contributed by atoms with Crippen molar-refractivity contribution >= 4 is 45.7 Å². The van der Waals surface area contributed by atoms with E-state index in [2.05, 4.69) is 26.5 Å². The quantitative estimate of drug-likeness (QED) is 0.589. The number of allylic oxidation sites excluding steroid dienone is 1. The zero-order valence-corrected chi connectivity index (χ0v) is 14.4. The van der Waals surface area contributed by atoms with Crippen molar-refractivity contribution in [2.75, 3.05) is 6.61 Å². The number of benzene rings is 2. The number of carbonyl (C=O) groups is 1. The Hall–Kier alpha value is -2.11. The first-order valence-corrected chi connectivity index (χ1v) is 7.94. The Morgan fingerprint density at radius 1 is 1.17 bits per heavy atom. The number of para-hydroxylation sites is 1. The van der Waals surface area contributed by atoms with E-state index in [4.69, 9.17) is 16.3 Å². The van der Waals surface area contributed by atoms with Crippen LogP contribution in [0.5, 0.6) is 5.75 Å². The molecule has 0 fully saturated rings. The second kappa shape index (κ2) is 9.12. The van der Waals surface area contributed by atoms with E-state index in [1.165, 1.54) is 6.21 Å². The first-order valence-electron chi connectivity index (χ1n) is 6.76. The van der Waals surface area contributed by atoms with Crippen LogP contribution in [0.1, 0.15) is 5.56 Å². The number of hydrazone groups is 1. The summed E-state index contributed by atoms with van der Waals surface area (Å²) in [5.74, 6) is 0.0830. The number of nitrogens with one attached hydrogen (secondary N) is 1. The van der Waals surface area contributed by atoms with Crippen LogP contribution in [-0.4, -0.2) is 18.7 Å². The Kier molecular flexibility index (Phi) is 6.84. The third-order valence-electron chi connectivity index (χ3n) is 2.68. The van der Waals surface area contributed by atoms with Crippen molar-refractivity contribution in [3.8, 4) is 5.75 Å². The van der Waals surface area contributed by atoms with Crippen LogP contribution in [0.15, 0.2) is 64.2 Å². The molecular weight excluding hydrogens is 380 g/mol. The van der Waals surface area contributed by atoms with E-state index in [1.807, 2.05) is 36.4 Å². The molecule has 0 unspecified atom stereocenters. The van der Waals surface area contributed by atoms with Gasteiger partial charge in [-0.3, -0.25) is 4.79 Å². The summed E-state index contributed by atoms with van der Waals surface area (Å²) in [5.41, 5.74) is 3.41. The van der Waals surface area contributed by atoms with Gasteiger partial charge in [0.15, 0.2) is 6.61 Å². The summed E-state index contributed by atoms with van der Waals surface area (Å²) in [6.07, 6.45) is 3.39. The first kappa shape index (κ1) is 17.2. The normalized spacial score (nSPS) is 11.5. The fourth-order valence-corrected chi connectivity index (χ4v) is 2.21. The Bertz CT molecular complexity index is 718. The van der Waals surface area contributed by atoms with Gasteiger partial charge < -0.3 is 4.74 Å². The van der Waals surface area contributed by atoms with Crippen molar-refractivity contribution in [3.63, 3.8) is 0 Å². The molecule has 0 aliphatic rings. The minimum Gasteiger partial charge on any atom is -0.482 e. The number of ether oxygens (including phenoxy) is 1. The summed E-state index contributed by atoms with van der Waals surface area (Å²) < 4.78 is 6.04. The molecule has 0 saturated heterocycles. The van der Waals surface area contributed by atoms with Crippen LogP contribution in [0.4, 0.5) is 0 Å². The Balaban J connectivity index is 1.80. The van der Waals surface area contributed by atoms with E-state index in [1.54, 1.807) is 24.3 Å². The number of carbonyl (C=O) groups excluding carboxylic acids is 1. The van der Waals surface area contributed by atoms with Gasteiger partial charge in [0.05, 0.1) is 11.2 Å². The van der Waals surface area contributed by atoms with Crippen LogP contribution < -0.4 is 10.2 Å². The lowest BCUT2D eigenvalue weighted by atomic mass is 10.2. The molecule has 2 aromatic carbocycles. The van der Waals surface area contributed by atoms with Gasteiger partial charge in [0.2, 0.25) is 0 Å². The molecule has 0 radical (unpaired) electrons. The second-order valence-electron chi connectivity index (χ2n) is 4.45. The van der Waals surface area contributed by atoms with Crippen LogP contribution in [0.3, 0.4) is 0 Å². The van der Waals surface area contributed by atoms with E-state index in [9.17, 15) is 4.79 Å². The van der Waals surface area contributed by atoms with Gasteiger partial charge in [0, 0.05) is 4.48 Å². The lowest BCUT2D eigenvalue weighted by Crippen LogP contribution is -2.24. The van der Waals surface area contributed by atoms with Crippen molar-refractivity contribution in [3.05, 3.63) is 69.7 Å². The number of rotatable bonds is 6. The van der Waals surface area contributed by atoms with E-state index in [0.717, 1.165) is 10.0 Å². The van der Waals surface area contributed by atoms with Gasteiger partial charge in [-0.2, -0.15) is 5.10 Å². The number of nitrogens with zero attached hydrogens (tertiary/aromatic N) is 1. The standard InChI is InChI=1S/C17H14BrClN2O2/c18-14(10-13-6-2-1-3-7-13)11-20-21-17(22)12-23-16-9-5-4-8-15(16)19/h1-11H,12H2,(H,21,22)/b14-10-,20-11-. The molecule has 0 aliphatic carbocycles. The number of halogens is 2. The molecular formula is C17H14BrClN2O2. The molecule has 2 rings (SSSR count). The molecule has 0 bridgehead atoms. The molecule has 0 saturated carbocycles. The Morgan fingerprint density at radius 2 is 1.87 bits per heavy atom. The van der Waals surface area contributed by atoms with Crippen LogP contribution in [0.25, 0.3) is 6.08 Å². The molecule has 23 heavy (non-hydrogen) atoms. The highest BCUT2D eigenvalue weighted by Gasteiger charge is 2.04. The summed E-state index contributed by atoms with van der Waals surface area (Å²) in [6.45, 7) is -0.166. The van der Waals surface area contributed by atoms with Crippen molar-refractivity contribution in [2.24, 2.45) is 5.10 Å². The zero-order valence-electron chi connectivity index (χ0n) is 12.1. The van der Waals surface area contributed by atoms with Gasteiger partial charge >= 0.3 is 0 Å². The van der Waals surface area contributed by atoms with Gasteiger partial charge in [-0.25, -0.2) is 5.43 Å². The smallest absolute Gasteiger partial charge is 0.277 e. The lowest BCUT2D eigenvalue weighted by molar-refractivity contribution is -0.123. The van der Waals surface area contributed by atoms with Crippen molar-refractivity contribution in [1.29, 1.82) is 0 Å². The molecule has 6 heteroatoms. The maximum absolute atomic E-state index is 11.6. The molecule has 0 aliphatic heterocycles. The Labute approximate surface area is 147 Å². The minimum atomic E-state index is -0.374. The highest BCUT2D eigenvalue weighted by atomic mass is 79.9. The van der Waals surface area contributed by atoms with Gasteiger partial charge in [-0.05, 0) is 39.7 Å². The number of amides is 1. The van der Waals surface area contributed by atoms with Crippen LogP contribution >= 0.6 is 27.5 Å². The number of hydrogen-bond donors (Lipinski definition) is 1. The fraction of sp³-hybridized carbons (Fsp3) is 0.0588. The van der Waals surface area contributed by atoms with E-state index in [-0.39, 0.29) is 12.5 Å². The average molecular weight is 394 g/mol. The topological polar surface area (TPSA) is 50.7 Å². The van der Waals surface area contributed by atoms with Crippen molar-refractivity contribution < 1.29 is 9.53 Å². The van der Waals surface area contributed by atoms with Crippen molar-refractivity contribution in [2.45, 2.75) is 0 Å². The third-order valence-corrected chi connectivity index (χ3v) is 3.42. The van der Waals surface area contributed by atoms with Crippen LogP contribution in [0, 0.1) is 0 Å². The Morgan fingerprint density at radius 3 is 2.61 bits per heavy atom. The molecule has 2 aromatic rings. The highest BCUT2D eigenvalue weighted by Crippen LogP contribution is 2.22. The van der Waals surface area contributed by atoms with Gasteiger partial charge in [-0.1, -0.05) is 54.1 Å². The molecule has 0 spiro atoms.